The number of nitrogens with zero attached hydrogens (tertiary/aromatic N) is 3. The highest BCUT2D eigenvalue weighted by molar-refractivity contribution is 5.97. The summed E-state index contributed by atoms with van der Waals surface area (Å²) in [6.07, 6.45) is 1.84. The minimum atomic E-state index is -2.39. The van der Waals surface area contributed by atoms with Gasteiger partial charge in [-0.2, -0.15) is 0 Å². The average Bonchev–Trinajstić information content (AvgIpc) is 3.60. The van der Waals surface area contributed by atoms with Gasteiger partial charge in [0.25, 0.3) is 0 Å². The molecule has 54 heavy (non-hydrogen) atoms. The first-order chi connectivity index (χ1) is 27.6. The Balaban J connectivity index is 1.33. The van der Waals surface area contributed by atoms with Crippen molar-refractivity contribution in [2.45, 2.75) is 52.8 Å². The Bertz CT molecular complexity index is 2790. The van der Waals surface area contributed by atoms with Gasteiger partial charge in [0.1, 0.15) is 11.6 Å². The molecule has 0 atom stereocenters. The number of fused-ring (bicyclic) bond motifs is 1. The number of aryl methyl sites for hydroxylation is 1. The summed E-state index contributed by atoms with van der Waals surface area (Å²) in [5.41, 5.74) is 11.9. The standard InChI is InChI=1S/C50H45N3O/c1-32(2)34-19-21-35(22-20-34)37-25-26-51-45(31-37)39-28-38(29-40(30-39)50(4,5)6)43-16-12-17-46-48(43)52-49(44-15-10-11-18-47(44)54)53(46)41-23-24-42(33(3)27-41)36-13-8-7-9-14-36/h7-32,54H,1-6H3/i3D3,32D. The number of rotatable bonds is 7. The fraction of sp³-hybridized carbons (Fsp3) is 0.160. The van der Waals surface area contributed by atoms with E-state index in [1.807, 2.05) is 110 Å². The van der Waals surface area contributed by atoms with Crippen LogP contribution in [0.4, 0.5) is 0 Å². The van der Waals surface area contributed by atoms with Crippen LogP contribution in [0.3, 0.4) is 0 Å². The van der Waals surface area contributed by atoms with Crippen molar-refractivity contribution in [2.75, 3.05) is 0 Å². The molecule has 0 amide bonds. The van der Waals surface area contributed by atoms with Crippen molar-refractivity contribution in [1.29, 1.82) is 0 Å². The average molecular weight is 708 g/mol. The van der Waals surface area contributed by atoms with E-state index in [9.17, 15) is 5.11 Å². The molecule has 266 valence electrons. The number of phenols is 1. The number of phenolic OH excluding ortho intramolecular Hbond substituents is 1. The fourth-order valence-corrected chi connectivity index (χ4v) is 7.11. The van der Waals surface area contributed by atoms with Gasteiger partial charge in [-0.15, -0.1) is 0 Å². The molecule has 0 fully saturated rings. The van der Waals surface area contributed by atoms with Gasteiger partial charge in [0.15, 0.2) is 0 Å². The van der Waals surface area contributed by atoms with Crippen LogP contribution in [0.1, 0.15) is 62.7 Å². The summed E-state index contributed by atoms with van der Waals surface area (Å²) in [7, 11) is 0. The molecule has 8 rings (SSSR count). The second kappa shape index (κ2) is 13.9. The van der Waals surface area contributed by atoms with Gasteiger partial charge >= 0.3 is 0 Å². The molecule has 0 radical (unpaired) electrons. The molecule has 0 saturated carbocycles. The maximum atomic E-state index is 11.2. The summed E-state index contributed by atoms with van der Waals surface area (Å²) >= 11 is 0. The summed E-state index contributed by atoms with van der Waals surface area (Å²) in [5, 5.41) is 11.2. The zero-order valence-electron chi connectivity index (χ0n) is 35.2. The molecule has 2 heterocycles. The lowest BCUT2D eigenvalue weighted by atomic mass is 9.83. The number of hydrogen-bond acceptors (Lipinski definition) is 3. The van der Waals surface area contributed by atoms with E-state index in [1.165, 1.54) is 0 Å². The predicted molar refractivity (Wildman–Crippen MR) is 225 cm³/mol. The van der Waals surface area contributed by atoms with Crippen LogP contribution in [0.5, 0.6) is 5.75 Å². The van der Waals surface area contributed by atoms with E-state index >= 15 is 0 Å². The van der Waals surface area contributed by atoms with Crippen molar-refractivity contribution >= 4 is 11.0 Å². The Hall–Kier alpha value is -6.26. The number of aromatic nitrogens is 3. The first kappa shape index (κ1) is 30.2. The smallest absolute Gasteiger partial charge is 0.149 e. The molecule has 4 nitrogen and oxygen atoms in total. The zero-order chi connectivity index (χ0) is 41.0. The molecule has 4 heteroatoms. The molecular weight excluding hydrogens is 659 g/mol. The number of hydrogen-bond donors (Lipinski definition) is 1. The normalized spacial score (nSPS) is 13.3. The van der Waals surface area contributed by atoms with Crippen molar-refractivity contribution in [3.05, 3.63) is 168 Å². The predicted octanol–water partition coefficient (Wildman–Crippen LogP) is 13.2. The van der Waals surface area contributed by atoms with E-state index in [0.717, 1.165) is 55.7 Å². The van der Waals surface area contributed by atoms with Crippen LogP contribution in [-0.2, 0) is 5.41 Å². The van der Waals surface area contributed by atoms with Gasteiger partial charge in [0.05, 0.1) is 22.3 Å². The van der Waals surface area contributed by atoms with E-state index < -0.39 is 12.7 Å². The minimum absolute atomic E-state index is 0.0681. The van der Waals surface area contributed by atoms with E-state index in [-0.39, 0.29) is 16.7 Å². The molecule has 8 aromatic rings. The summed E-state index contributed by atoms with van der Waals surface area (Å²) in [6, 6.07) is 47.1. The zero-order valence-corrected chi connectivity index (χ0v) is 31.2. The van der Waals surface area contributed by atoms with Crippen molar-refractivity contribution in [3.63, 3.8) is 0 Å². The lowest BCUT2D eigenvalue weighted by Gasteiger charge is -2.22. The number of aromatic hydroxyl groups is 1. The Morgan fingerprint density at radius 3 is 2.13 bits per heavy atom. The first-order valence-electron chi connectivity index (χ1n) is 20.3. The Morgan fingerprint density at radius 1 is 0.648 bits per heavy atom. The monoisotopic (exact) mass is 707 g/mol. The largest absolute Gasteiger partial charge is 0.507 e. The highest BCUT2D eigenvalue weighted by Gasteiger charge is 2.22. The van der Waals surface area contributed by atoms with E-state index in [4.69, 9.17) is 15.5 Å². The van der Waals surface area contributed by atoms with Gasteiger partial charge in [0, 0.05) is 28.5 Å². The Kier molecular flexibility index (Phi) is 7.81. The molecule has 0 aliphatic carbocycles. The highest BCUT2D eigenvalue weighted by Crippen LogP contribution is 2.40. The fourth-order valence-electron chi connectivity index (χ4n) is 7.11. The highest BCUT2D eigenvalue weighted by atomic mass is 16.3. The molecule has 0 spiro atoms. The van der Waals surface area contributed by atoms with Crippen molar-refractivity contribution in [3.8, 4) is 67.5 Å². The van der Waals surface area contributed by atoms with Crippen LogP contribution in [0, 0.1) is 6.85 Å². The topological polar surface area (TPSA) is 50.9 Å². The molecule has 2 aromatic heterocycles. The quantitative estimate of drug-likeness (QED) is 0.179. The third-order valence-corrected chi connectivity index (χ3v) is 10.1. The summed E-state index contributed by atoms with van der Waals surface area (Å²) in [4.78, 5) is 10.1. The van der Waals surface area contributed by atoms with E-state index in [0.29, 0.717) is 28.2 Å². The Morgan fingerprint density at radius 2 is 1.39 bits per heavy atom. The summed E-state index contributed by atoms with van der Waals surface area (Å²) in [6.45, 7) is 7.98. The van der Waals surface area contributed by atoms with Crippen LogP contribution in [-0.4, -0.2) is 19.6 Å². The number of para-hydroxylation sites is 2. The number of pyridine rings is 1. The van der Waals surface area contributed by atoms with Crippen molar-refractivity contribution in [2.24, 2.45) is 0 Å². The lowest BCUT2D eigenvalue weighted by molar-refractivity contribution is 0.477. The molecule has 0 aliphatic rings. The summed E-state index contributed by atoms with van der Waals surface area (Å²) < 4.78 is 36.1. The lowest BCUT2D eigenvalue weighted by Crippen LogP contribution is -2.11. The molecule has 0 unspecified atom stereocenters. The SMILES string of the molecule is [2H]C([2H])([2H])c1cc(-n2c(-c3ccccc3O)nc3c(-c4cc(-c5cc(-c6ccc(C([2H])(C)C)cc6)ccn5)cc(C(C)(C)C)c4)cccc32)ccc1-c1ccccc1. The van der Waals surface area contributed by atoms with Crippen LogP contribution >= 0.6 is 0 Å². The molecule has 6 aromatic carbocycles. The third kappa shape index (κ3) is 6.60. The first-order valence-corrected chi connectivity index (χ1v) is 18.3. The molecule has 0 bridgehead atoms. The third-order valence-electron chi connectivity index (χ3n) is 10.1. The minimum Gasteiger partial charge on any atom is -0.507 e. The van der Waals surface area contributed by atoms with Gasteiger partial charge in [-0.05, 0) is 117 Å². The second-order valence-corrected chi connectivity index (χ2v) is 15.1. The maximum Gasteiger partial charge on any atom is 0.149 e. The second-order valence-electron chi connectivity index (χ2n) is 15.1. The van der Waals surface area contributed by atoms with Gasteiger partial charge in [-0.1, -0.05) is 126 Å². The Labute approximate surface area is 324 Å². The van der Waals surface area contributed by atoms with Crippen LogP contribution in [0.25, 0.3) is 72.7 Å². The maximum absolute atomic E-state index is 11.2. The summed E-state index contributed by atoms with van der Waals surface area (Å²) in [5.74, 6) is -0.121. The van der Waals surface area contributed by atoms with Crippen molar-refractivity contribution in [1.82, 2.24) is 14.5 Å². The molecule has 0 aliphatic heterocycles. The van der Waals surface area contributed by atoms with Gasteiger partial charge in [-0.25, -0.2) is 4.98 Å². The van der Waals surface area contributed by atoms with Crippen LogP contribution in [0.2, 0.25) is 0 Å². The number of imidazole rings is 1. The molecule has 1 N–H and O–H groups in total. The van der Waals surface area contributed by atoms with E-state index in [2.05, 4.69) is 63.2 Å². The van der Waals surface area contributed by atoms with E-state index in [1.54, 1.807) is 18.2 Å². The molecule has 0 saturated heterocycles. The van der Waals surface area contributed by atoms with Gasteiger partial charge in [0.2, 0.25) is 0 Å². The van der Waals surface area contributed by atoms with Crippen LogP contribution in [0.15, 0.2) is 152 Å². The van der Waals surface area contributed by atoms with Crippen molar-refractivity contribution < 1.29 is 10.6 Å². The van der Waals surface area contributed by atoms with Gasteiger partial charge in [-0.3, -0.25) is 9.55 Å². The number of benzene rings is 6. The van der Waals surface area contributed by atoms with Crippen LogP contribution < -0.4 is 0 Å². The van der Waals surface area contributed by atoms with Gasteiger partial charge < -0.3 is 5.11 Å². The molecular formula is C50H45N3O.